The Morgan fingerprint density at radius 1 is 1.41 bits per heavy atom. The molecule has 0 atom stereocenters. The van der Waals surface area contributed by atoms with Crippen LogP contribution >= 0.6 is 0 Å². The van der Waals surface area contributed by atoms with E-state index < -0.39 is 5.82 Å². The van der Waals surface area contributed by atoms with Crippen LogP contribution in [0.5, 0.6) is 5.75 Å². The van der Waals surface area contributed by atoms with Gasteiger partial charge < -0.3 is 9.64 Å². The Labute approximate surface area is 128 Å². The van der Waals surface area contributed by atoms with Crippen molar-refractivity contribution in [1.29, 1.82) is 0 Å². The van der Waals surface area contributed by atoms with E-state index in [1.807, 2.05) is 10.9 Å². The molecule has 1 saturated carbocycles. The van der Waals surface area contributed by atoms with E-state index in [-0.39, 0.29) is 11.6 Å². The van der Waals surface area contributed by atoms with Crippen molar-refractivity contribution >= 4 is 11.6 Å². The van der Waals surface area contributed by atoms with Gasteiger partial charge in [0.1, 0.15) is 11.4 Å². The number of rotatable bonds is 4. The number of methoxy groups -OCH3 is 1. The minimum atomic E-state index is -0.506. The van der Waals surface area contributed by atoms with Crippen LogP contribution in [0.1, 0.15) is 35.8 Å². The monoisotopic (exact) mass is 303 g/mol. The molecule has 1 aliphatic carbocycles. The highest BCUT2D eigenvalue weighted by Crippen LogP contribution is 2.32. The third kappa shape index (κ3) is 2.45. The second-order valence-electron chi connectivity index (χ2n) is 5.42. The average molecular weight is 303 g/mol. The fraction of sp³-hybridized carbons (Fsp3) is 0.375. The van der Waals surface area contributed by atoms with Crippen LogP contribution in [0.4, 0.5) is 10.1 Å². The molecule has 116 valence electrons. The van der Waals surface area contributed by atoms with Gasteiger partial charge in [0.05, 0.1) is 13.2 Å². The molecule has 0 aliphatic heterocycles. The highest BCUT2D eigenvalue weighted by molar-refractivity contribution is 6.05. The Morgan fingerprint density at radius 2 is 2.18 bits per heavy atom. The van der Waals surface area contributed by atoms with Crippen LogP contribution in [-0.4, -0.2) is 29.8 Å². The lowest BCUT2D eigenvalue weighted by molar-refractivity contribution is 0.0985. The number of carbonyl (C=O) groups excluding carboxylic acids is 1. The molecule has 0 N–H and O–H groups in total. The number of aromatic nitrogens is 2. The maximum absolute atomic E-state index is 14.1. The molecule has 1 heterocycles. The largest absolute Gasteiger partial charge is 0.494 e. The Hall–Kier alpha value is -2.37. The normalized spacial score (nSPS) is 14.5. The van der Waals surface area contributed by atoms with Crippen molar-refractivity contribution in [3.63, 3.8) is 0 Å². The van der Waals surface area contributed by atoms with Crippen molar-refractivity contribution in [2.75, 3.05) is 19.1 Å². The summed E-state index contributed by atoms with van der Waals surface area (Å²) in [6.45, 7) is 0. The molecule has 3 rings (SSSR count). The van der Waals surface area contributed by atoms with Gasteiger partial charge in [-0.05, 0) is 37.5 Å². The van der Waals surface area contributed by atoms with Crippen molar-refractivity contribution in [2.45, 2.75) is 25.3 Å². The van der Waals surface area contributed by atoms with Crippen LogP contribution in [0.15, 0.2) is 30.5 Å². The SMILES string of the molecule is COc1cccc(F)c1N(C)C(=O)c1ccn(C2CCC2)n1. The van der Waals surface area contributed by atoms with Gasteiger partial charge >= 0.3 is 0 Å². The first-order valence-electron chi connectivity index (χ1n) is 7.27. The molecule has 5 nitrogen and oxygen atoms in total. The van der Waals surface area contributed by atoms with E-state index in [1.165, 1.54) is 31.5 Å². The average Bonchev–Trinajstić information content (AvgIpc) is 2.92. The summed E-state index contributed by atoms with van der Waals surface area (Å²) in [5.41, 5.74) is 0.424. The number of para-hydroxylation sites is 1. The molecule has 1 aliphatic rings. The van der Waals surface area contributed by atoms with Crippen molar-refractivity contribution in [2.24, 2.45) is 0 Å². The maximum atomic E-state index is 14.1. The summed E-state index contributed by atoms with van der Waals surface area (Å²) in [5.74, 6) is -0.552. The van der Waals surface area contributed by atoms with Gasteiger partial charge in [-0.3, -0.25) is 9.48 Å². The molecule has 0 spiro atoms. The van der Waals surface area contributed by atoms with Gasteiger partial charge in [-0.15, -0.1) is 0 Å². The Morgan fingerprint density at radius 3 is 2.82 bits per heavy atom. The highest BCUT2D eigenvalue weighted by Gasteiger charge is 2.25. The Kier molecular flexibility index (Phi) is 3.83. The van der Waals surface area contributed by atoms with Gasteiger partial charge in [-0.1, -0.05) is 6.07 Å². The molecule has 0 bridgehead atoms. The Balaban J connectivity index is 1.87. The lowest BCUT2D eigenvalue weighted by Gasteiger charge is -2.25. The second-order valence-corrected chi connectivity index (χ2v) is 5.42. The van der Waals surface area contributed by atoms with E-state index in [0.717, 1.165) is 12.8 Å². The zero-order chi connectivity index (χ0) is 15.7. The second kappa shape index (κ2) is 5.79. The van der Waals surface area contributed by atoms with E-state index in [9.17, 15) is 9.18 Å². The standard InChI is InChI=1S/C16H18FN3O2/c1-19(15-12(17)7-4-8-14(15)22-2)16(21)13-9-10-20(18-13)11-5-3-6-11/h4,7-11H,3,5-6H2,1-2H3. The summed E-state index contributed by atoms with van der Waals surface area (Å²) in [6.07, 6.45) is 5.18. The van der Waals surface area contributed by atoms with Crippen LogP contribution in [-0.2, 0) is 0 Å². The molecule has 6 heteroatoms. The third-order valence-corrected chi connectivity index (χ3v) is 4.09. The molecular formula is C16H18FN3O2. The maximum Gasteiger partial charge on any atom is 0.278 e. The quantitative estimate of drug-likeness (QED) is 0.872. The topological polar surface area (TPSA) is 47.4 Å². The molecule has 0 unspecified atom stereocenters. The third-order valence-electron chi connectivity index (χ3n) is 4.09. The number of hydrogen-bond donors (Lipinski definition) is 0. The number of anilines is 1. The zero-order valence-electron chi connectivity index (χ0n) is 12.6. The van der Waals surface area contributed by atoms with Crippen molar-refractivity contribution in [1.82, 2.24) is 9.78 Å². The van der Waals surface area contributed by atoms with Gasteiger partial charge in [0.15, 0.2) is 11.5 Å². The number of nitrogens with zero attached hydrogens (tertiary/aromatic N) is 3. The van der Waals surface area contributed by atoms with Crippen molar-refractivity contribution in [3.8, 4) is 5.75 Å². The van der Waals surface area contributed by atoms with E-state index in [1.54, 1.807) is 18.2 Å². The van der Waals surface area contributed by atoms with Gasteiger partial charge in [-0.25, -0.2) is 4.39 Å². The number of halogens is 1. The number of benzene rings is 1. The molecule has 0 saturated heterocycles. The first-order valence-corrected chi connectivity index (χ1v) is 7.27. The van der Waals surface area contributed by atoms with Crippen LogP contribution in [0.25, 0.3) is 0 Å². The summed E-state index contributed by atoms with van der Waals surface area (Å²) in [6, 6.07) is 6.52. The first-order chi connectivity index (χ1) is 10.6. The van der Waals surface area contributed by atoms with Gasteiger partial charge in [0.2, 0.25) is 0 Å². The lowest BCUT2D eigenvalue weighted by atomic mass is 9.93. The Bertz CT molecular complexity index is 694. The minimum absolute atomic E-state index is 0.119. The van der Waals surface area contributed by atoms with E-state index in [2.05, 4.69) is 5.10 Å². The van der Waals surface area contributed by atoms with E-state index in [0.29, 0.717) is 17.5 Å². The van der Waals surface area contributed by atoms with Crippen LogP contribution in [0.3, 0.4) is 0 Å². The molecule has 0 radical (unpaired) electrons. The van der Waals surface area contributed by atoms with Gasteiger partial charge in [0, 0.05) is 13.2 Å². The summed E-state index contributed by atoms with van der Waals surface area (Å²) in [4.78, 5) is 13.8. The van der Waals surface area contributed by atoms with Gasteiger partial charge in [0.25, 0.3) is 5.91 Å². The first kappa shape index (κ1) is 14.6. The molecule has 1 aromatic carbocycles. The molecule has 2 aromatic rings. The van der Waals surface area contributed by atoms with Crippen molar-refractivity contribution in [3.05, 3.63) is 42.0 Å². The number of carbonyl (C=O) groups is 1. The fourth-order valence-corrected chi connectivity index (χ4v) is 2.57. The van der Waals surface area contributed by atoms with E-state index in [4.69, 9.17) is 4.74 Å². The van der Waals surface area contributed by atoms with E-state index >= 15 is 0 Å². The predicted molar refractivity (Wildman–Crippen MR) is 80.8 cm³/mol. The predicted octanol–water partition coefficient (Wildman–Crippen LogP) is 3.03. The zero-order valence-corrected chi connectivity index (χ0v) is 12.6. The summed E-state index contributed by atoms with van der Waals surface area (Å²) < 4.78 is 21.0. The molecule has 22 heavy (non-hydrogen) atoms. The van der Waals surface area contributed by atoms with Gasteiger partial charge in [-0.2, -0.15) is 5.10 Å². The number of hydrogen-bond acceptors (Lipinski definition) is 3. The summed E-state index contributed by atoms with van der Waals surface area (Å²) in [7, 11) is 2.97. The molecule has 1 fully saturated rings. The van der Waals surface area contributed by atoms with Crippen molar-refractivity contribution < 1.29 is 13.9 Å². The fourth-order valence-electron chi connectivity index (χ4n) is 2.57. The molecule has 1 aromatic heterocycles. The summed E-state index contributed by atoms with van der Waals surface area (Å²) in [5, 5.41) is 4.33. The number of amides is 1. The molecular weight excluding hydrogens is 285 g/mol. The minimum Gasteiger partial charge on any atom is -0.494 e. The smallest absolute Gasteiger partial charge is 0.278 e. The highest BCUT2D eigenvalue weighted by atomic mass is 19.1. The number of ether oxygens (including phenoxy) is 1. The van der Waals surface area contributed by atoms with Crippen LogP contribution < -0.4 is 9.64 Å². The summed E-state index contributed by atoms with van der Waals surface area (Å²) >= 11 is 0. The lowest BCUT2D eigenvalue weighted by Crippen LogP contribution is -2.28. The van der Waals surface area contributed by atoms with Crippen LogP contribution in [0, 0.1) is 5.82 Å². The molecule has 1 amide bonds. The van der Waals surface area contributed by atoms with Crippen LogP contribution in [0.2, 0.25) is 0 Å².